The van der Waals surface area contributed by atoms with Crippen LogP contribution in [0.2, 0.25) is 0 Å². The number of carbonyl (C=O) groups is 1. The lowest BCUT2D eigenvalue weighted by Gasteiger charge is -2.39. The van der Waals surface area contributed by atoms with Gasteiger partial charge in [0.05, 0.1) is 5.75 Å². The third-order valence-electron chi connectivity index (χ3n) is 4.96. The molecule has 1 amide bonds. The van der Waals surface area contributed by atoms with E-state index in [1.807, 2.05) is 23.1 Å². The van der Waals surface area contributed by atoms with Crippen LogP contribution in [0.5, 0.6) is 0 Å². The van der Waals surface area contributed by atoms with Crippen LogP contribution in [0.4, 0.5) is 0 Å². The molecule has 25 heavy (non-hydrogen) atoms. The normalized spacial score (nSPS) is 20.7. The number of hydrogen-bond acceptors (Lipinski definition) is 5. The van der Waals surface area contributed by atoms with Crippen molar-refractivity contribution in [2.75, 3.05) is 5.75 Å². The first kappa shape index (κ1) is 18.0. The number of rotatable bonds is 4. The van der Waals surface area contributed by atoms with Crippen molar-refractivity contribution in [3.05, 3.63) is 29.3 Å². The zero-order valence-corrected chi connectivity index (χ0v) is 16.1. The number of aryl methyl sites for hydroxylation is 2. The lowest BCUT2D eigenvalue weighted by Crippen LogP contribution is -2.48. The molecule has 2 atom stereocenters. The first-order valence-electron chi connectivity index (χ1n) is 8.81. The second-order valence-electron chi connectivity index (χ2n) is 6.89. The summed E-state index contributed by atoms with van der Waals surface area (Å²) in [6, 6.07) is 6.69. The molecular weight excluding hydrogens is 334 g/mol. The second-order valence-corrected chi connectivity index (χ2v) is 7.82. The minimum Gasteiger partial charge on any atom is -0.411 e. The molecule has 1 aromatic carbocycles. The molecule has 1 fully saturated rings. The minimum atomic E-state index is 0.149. The maximum absolute atomic E-state index is 12.6. The van der Waals surface area contributed by atoms with E-state index >= 15 is 0 Å². The molecule has 0 saturated carbocycles. The molecule has 2 heterocycles. The van der Waals surface area contributed by atoms with Crippen molar-refractivity contribution >= 4 is 17.7 Å². The predicted octanol–water partition coefficient (Wildman–Crippen LogP) is 4.24. The average Bonchev–Trinajstić information content (AvgIpc) is 3.04. The summed E-state index contributed by atoms with van der Waals surface area (Å²) in [5.41, 5.74) is 3.33. The molecule has 2 aromatic rings. The molecule has 0 unspecified atom stereocenters. The van der Waals surface area contributed by atoms with Gasteiger partial charge in [-0.05, 0) is 70.2 Å². The highest BCUT2D eigenvalue weighted by Gasteiger charge is 2.29. The predicted molar refractivity (Wildman–Crippen MR) is 99.6 cm³/mol. The highest BCUT2D eigenvalue weighted by Crippen LogP contribution is 2.27. The van der Waals surface area contributed by atoms with Crippen LogP contribution >= 0.6 is 11.8 Å². The van der Waals surface area contributed by atoms with Crippen LogP contribution in [0, 0.1) is 13.8 Å². The molecule has 5 nitrogen and oxygen atoms in total. The minimum absolute atomic E-state index is 0.149. The van der Waals surface area contributed by atoms with Gasteiger partial charge in [0.1, 0.15) is 0 Å². The topological polar surface area (TPSA) is 59.2 Å². The fourth-order valence-corrected chi connectivity index (χ4v) is 4.00. The summed E-state index contributed by atoms with van der Waals surface area (Å²) in [5.74, 6) is 0.983. The van der Waals surface area contributed by atoms with Crippen molar-refractivity contribution in [3.63, 3.8) is 0 Å². The number of aromatic nitrogens is 2. The third kappa shape index (κ3) is 4.06. The Labute approximate surface area is 153 Å². The summed E-state index contributed by atoms with van der Waals surface area (Å²) in [5, 5.41) is 8.63. The number of piperidine rings is 1. The van der Waals surface area contributed by atoms with E-state index in [1.165, 1.54) is 29.3 Å². The van der Waals surface area contributed by atoms with Crippen molar-refractivity contribution in [2.45, 2.75) is 64.3 Å². The molecule has 1 aliphatic heterocycles. The number of benzene rings is 1. The SMILES string of the molecule is Cc1ccc(-c2nnc(SCC(=O)N3[C@H](C)CCC[C@@H]3C)o2)cc1C. The Hall–Kier alpha value is -1.82. The van der Waals surface area contributed by atoms with Crippen molar-refractivity contribution < 1.29 is 9.21 Å². The first-order valence-corrected chi connectivity index (χ1v) is 9.79. The van der Waals surface area contributed by atoms with Crippen LogP contribution in [0.15, 0.2) is 27.8 Å². The van der Waals surface area contributed by atoms with Gasteiger partial charge in [-0.2, -0.15) is 0 Å². The largest absolute Gasteiger partial charge is 0.411 e. The maximum atomic E-state index is 12.6. The van der Waals surface area contributed by atoms with E-state index in [1.54, 1.807) is 0 Å². The van der Waals surface area contributed by atoms with Crippen LogP contribution in [0.1, 0.15) is 44.2 Å². The van der Waals surface area contributed by atoms with Crippen molar-refractivity contribution in [1.82, 2.24) is 15.1 Å². The van der Waals surface area contributed by atoms with Crippen molar-refractivity contribution in [3.8, 4) is 11.5 Å². The molecule has 0 bridgehead atoms. The summed E-state index contributed by atoms with van der Waals surface area (Å²) in [7, 11) is 0. The summed E-state index contributed by atoms with van der Waals surface area (Å²) >= 11 is 1.32. The zero-order valence-electron chi connectivity index (χ0n) is 15.3. The quantitative estimate of drug-likeness (QED) is 0.764. The molecule has 134 valence electrons. The van der Waals surface area contributed by atoms with Gasteiger partial charge in [-0.25, -0.2) is 0 Å². The summed E-state index contributed by atoms with van der Waals surface area (Å²) in [4.78, 5) is 14.6. The van der Waals surface area contributed by atoms with E-state index in [-0.39, 0.29) is 5.91 Å². The molecule has 1 aromatic heterocycles. The molecule has 0 spiro atoms. The molecular formula is C19H25N3O2S. The Balaban J connectivity index is 1.63. The van der Waals surface area contributed by atoms with E-state index in [4.69, 9.17) is 4.42 Å². The maximum Gasteiger partial charge on any atom is 0.277 e. The van der Waals surface area contributed by atoms with Gasteiger partial charge in [-0.3, -0.25) is 4.79 Å². The lowest BCUT2D eigenvalue weighted by atomic mass is 9.98. The highest BCUT2D eigenvalue weighted by atomic mass is 32.2. The molecule has 0 radical (unpaired) electrons. The molecule has 3 rings (SSSR count). The van der Waals surface area contributed by atoms with Gasteiger partial charge in [0.25, 0.3) is 5.22 Å². The average molecular weight is 359 g/mol. The Bertz CT molecular complexity index is 749. The van der Waals surface area contributed by atoms with E-state index in [9.17, 15) is 4.79 Å². The molecule has 6 heteroatoms. The van der Waals surface area contributed by atoms with E-state index in [0.717, 1.165) is 18.4 Å². The number of thioether (sulfide) groups is 1. The van der Waals surface area contributed by atoms with E-state index in [0.29, 0.717) is 29.0 Å². The van der Waals surface area contributed by atoms with E-state index < -0.39 is 0 Å². The van der Waals surface area contributed by atoms with Crippen LogP contribution in [-0.2, 0) is 4.79 Å². The smallest absolute Gasteiger partial charge is 0.277 e. The second kappa shape index (κ2) is 7.60. The van der Waals surface area contributed by atoms with Gasteiger partial charge in [0.2, 0.25) is 11.8 Å². The number of carbonyl (C=O) groups excluding carboxylic acids is 1. The summed E-state index contributed by atoms with van der Waals surface area (Å²) < 4.78 is 5.73. The lowest BCUT2D eigenvalue weighted by molar-refractivity contribution is -0.134. The summed E-state index contributed by atoms with van der Waals surface area (Å²) in [6.07, 6.45) is 3.36. The Kier molecular flexibility index (Phi) is 5.47. The van der Waals surface area contributed by atoms with Gasteiger partial charge in [0.15, 0.2) is 0 Å². The molecule has 1 saturated heterocycles. The van der Waals surface area contributed by atoms with Gasteiger partial charge < -0.3 is 9.32 Å². The van der Waals surface area contributed by atoms with Gasteiger partial charge >= 0.3 is 0 Å². The molecule has 0 aliphatic carbocycles. The number of amides is 1. The standard InChI is InChI=1S/C19H25N3O2S/c1-12-8-9-16(10-13(12)2)18-20-21-19(24-18)25-11-17(23)22-14(3)6-5-7-15(22)4/h8-10,14-15H,5-7,11H2,1-4H3/t14-,15+. The number of likely N-dealkylation sites (tertiary alicyclic amines) is 1. The van der Waals surface area contributed by atoms with Gasteiger partial charge in [-0.15, -0.1) is 10.2 Å². The van der Waals surface area contributed by atoms with Gasteiger partial charge in [0, 0.05) is 17.6 Å². The van der Waals surface area contributed by atoms with Crippen molar-refractivity contribution in [1.29, 1.82) is 0 Å². The van der Waals surface area contributed by atoms with Crippen molar-refractivity contribution in [2.24, 2.45) is 0 Å². The van der Waals surface area contributed by atoms with Crippen LogP contribution in [0.3, 0.4) is 0 Å². The van der Waals surface area contributed by atoms with Crippen LogP contribution in [0.25, 0.3) is 11.5 Å². The highest BCUT2D eigenvalue weighted by molar-refractivity contribution is 7.99. The van der Waals surface area contributed by atoms with Crippen LogP contribution in [-0.4, -0.2) is 38.8 Å². The summed E-state index contributed by atoms with van der Waals surface area (Å²) in [6.45, 7) is 8.39. The van der Waals surface area contributed by atoms with E-state index in [2.05, 4.69) is 37.9 Å². The Morgan fingerprint density at radius 1 is 1.20 bits per heavy atom. The molecule has 0 N–H and O–H groups in total. The van der Waals surface area contributed by atoms with Crippen LogP contribution < -0.4 is 0 Å². The zero-order chi connectivity index (χ0) is 18.0. The Morgan fingerprint density at radius 2 is 1.92 bits per heavy atom. The third-order valence-corrected chi connectivity index (χ3v) is 5.76. The fourth-order valence-electron chi connectivity index (χ4n) is 3.37. The first-order chi connectivity index (χ1) is 12.0. The van der Waals surface area contributed by atoms with Gasteiger partial charge in [-0.1, -0.05) is 17.8 Å². The monoisotopic (exact) mass is 359 g/mol. The molecule has 1 aliphatic rings. The number of nitrogens with zero attached hydrogens (tertiary/aromatic N) is 3. The Morgan fingerprint density at radius 3 is 2.60 bits per heavy atom. The fraction of sp³-hybridized carbons (Fsp3) is 0.526. The number of hydrogen-bond donors (Lipinski definition) is 0.